The summed E-state index contributed by atoms with van der Waals surface area (Å²) in [6, 6.07) is 0. The van der Waals surface area contributed by atoms with Crippen molar-refractivity contribution in [2.24, 2.45) is 4.99 Å². The van der Waals surface area contributed by atoms with E-state index in [1.54, 1.807) is 20.2 Å². The summed E-state index contributed by atoms with van der Waals surface area (Å²) in [6.45, 7) is 1.65. The third kappa shape index (κ3) is 4.74. The molecule has 1 N–H and O–H groups in total. The summed E-state index contributed by atoms with van der Waals surface area (Å²) >= 11 is 0. The molecule has 0 aromatic rings. The van der Waals surface area contributed by atoms with Gasteiger partial charge in [-0.25, -0.2) is 0 Å². The SMILES string of the molecule is CN/C=C\N=C(C)C=O. The third-order valence-corrected chi connectivity index (χ3v) is 0.690. The highest BCUT2D eigenvalue weighted by Gasteiger charge is 1.77. The molecular formula is C6H10N2O. The molecule has 0 saturated carbocycles. The van der Waals surface area contributed by atoms with Crippen LogP contribution in [0.25, 0.3) is 0 Å². The molecule has 0 aliphatic rings. The van der Waals surface area contributed by atoms with Gasteiger partial charge < -0.3 is 5.32 Å². The van der Waals surface area contributed by atoms with Crippen molar-refractivity contribution in [3.05, 3.63) is 12.4 Å². The molecule has 0 rings (SSSR count). The fourth-order valence-corrected chi connectivity index (χ4v) is 0.260. The summed E-state index contributed by atoms with van der Waals surface area (Å²) in [7, 11) is 1.77. The van der Waals surface area contributed by atoms with Gasteiger partial charge in [-0.05, 0) is 6.92 Å². The van der Waals surface area contributed by atoms with E-state index in [9.17, 15) is 4.79 Å². The van der Waals surface area contributed by atoms with Crippen LogP contribution in [0.3, 0.4) is 0 Å². The van der Waals surface area contributed by atoms with Crippen molar-refractivity contribution >= 4 is 12.0 Å². The van der Waals surface area contributed by atoms with Crippen LogP contribution in [0.15, 0.2) is 17.4 Å². The molecule has 0 heterocycles. The summed E-state index contributed by atoms with van der Waals surface area (Å²) in [5.41, 5.74) is 0.474. The standard InChI is InChI=1S/C6H10N2O/c1-6(5-9)8-4-3-7-2/h3-5,7H,1-2H3/b4-3-,8-6?. The lowest BCUT2D eigenvalue weighted by Gasteiger charge is -1.82. The molecule has 0 aliphatic carbocycles. The molecule has 0 spiro atoms. The number of nitrogens with one attached hydrogen (secondary N) is 1. The van der Waals surface area contributed by atoms with E-state index in [0.29, 0.717) is 12.0 Å². The predicted molar refractivity (Wildman–Crippen MR) is 37.4 cm³/mol. The number of hydrogen-bond acceptors (Lipinski definition) is 3. The number of carbonyl (C=O) groups excluding carboxylic acids is 1. The van der Waals surface area contributed by atoms with Crippen molar-refractivity contribution in [2.45, 2.75) is 6.92 Å². The first kappa shape index (κ1) is 7.88. The van der Waals surface area contributed by atoms with Crippen LogP contribution >= 0.6 is 0 Å². The van der Waals surface area contributed by atoms with Crippen LogP contribution in [0.4, 0.5) is 0 Å². The van der Waals surface area contributed by atoms with E-state index in [1.807, 2.05) is 0 Å². The largest absolute Gasteiger partial charge is 0.393 e. The van der Waals surface area contributed by atoms with E-state index >= 15 is 0 Å². The molecule has 0 aliphatic heterocycles. The van der Waals surface area contributed by atoms with Gasteiger partial charge in [0, 0.05) is 19.4 Å². The summed E-state index contributed by atoms with van der Waals surface area (Å²) in [6.07, 6.45) is 3.89. The molecular weight excluding hydrogens is 116 g/mol. The first-order valence-electron chi connectivity index (χ1n) is 2.63. The number of hydrogen-bond donors (Lipinski definition) is 1. The Balaban J connectivity index is 3.68. The Bertz CT molecular complexity index is 138. The average Bonchev–Trinajstić information content (AvgIpc) is 1.89. The van der Waals surface area contributed by atoms with E-state index < -0.39 is 0 Å². The molecule has 50 valence electrons. The fourth-order valence-electron chi connectivity index (χ4n) is 0.260. The molecule has 0 atom stereocenters. The van der Waals surface area contributed by atoms with Crippen LogP contribution in [-0.2, 0) is 4.79 Å². The molecule has 3 nitrogen and oxygen atoms in total. The molecule has 0 aromatic heterocycles. The zero-order valence-electron chi connectivity index (χ0n) is 5.59. The number of nitrogens with zero attached hydrogens (tertiary/aromatic N) is 1. The Kier molecular flexibility index (Phi) is 4.40. The molecule has 0 unspecified atom stereocenters. The van der Waals surface area contributed by atoms with Crippen molar-refractivity contribution in [1.29, 1.82) is 0 Å². The van der Waals surface area contributed by atoms with Gasteiger partial charge in [-0.2, -0.15) is 0 Å². The van der Waals surface area contributed by atoms with Gasteiger partial charge in [-0.3, -0.25) is 9.79 Å². The Hall–Kier alpha value is -1.12. The highest BCUT2D eigenvalue weighted by molar-refractivity contribution is 6.27. The zero-order chi connectivity index (χ0) is 7.11. The number of carbonyl (C=O) groups is 1. The van der Waals surface area contributed by atoms with Crippen LogP contribution in [-0.4, -0.2) is 19.0 Å². The molecule has 3 heteroatoms. The lowest BCUT2D eigenvalue weighted by Crippen LogP contribution is -1.92. The molecule has 0 fully saturated rings. The van der Waals surface area contributed by atoms with Gasteiger partial charge in [0.25, 0.3) is 0 Å². The monoisotopic (exact) mass is 126 g/mol. The fraction of sp³-hybridized carbons (Fsp3) is 0.333. The van der Waals surface area contributed by atoms with Crippen molar-refractivity contribution in [1.82, 2.24) is 5.32 Å². The minimum Gasteiger partial charge on any atom is -0.393 e. The minimum absolute atomic E-state index is 0.474. The normalized spacial score (nSPS) is 12.0. The predicted octanol–water partition coefficient (Wildman–Crippen LogP) is 0.337. The van der Waals surface area contributed by atoms with Crippen LogP contribution in [0.2, 0.25) is 0 Å². The topological polar surface area (TPSA) is 41.5 Å². The minimum atomic E-state index is 0.474. The summed E-state index contributed by atoms with van der Waals surface area (Å²) < 4.78 is 0. The van der Waals surface area contributed by atoms with E-state index in [1.165, 1.54) is 6.20 Å². The highest BCUT2D eigenvalue weighted by atomic mass is 16.1. The van der Waals surface area contributed by atoms with Gasteiger partial charge in [-0.15, -0.1) is 0 Å². The van der Waals surface area contributed by atoms with Gasteiger partial charge >= 0.3 is 0 Å². The van der Waals surface area contributed by atoms with Crippen molar-refractivity contribution < 1.29 is 4.79 Å². The zero-order valence-corrected chi connectivity index (χ0v) is 5.59. The van der Waals surface area contributed by atoms with Gasteiger partial charge in [0.05, 0.1) is 5.71 Å². The molecule has 0 radical (unpaired) electrons. The quantitative estimate of drug-likeness (QED) is 0.437. The van der Waals surface area contributed by atoms with Crippen LogP contribution in [0.1, 0.15) is 6.92 Å². The maximum atomic E-state index is 9.91. The van der Waals surface area contributed by atoms with E-state index in [4.69, 9.17) is 0 Å². The molecule has 0 bridgehead atoms. The lowest BCUT2D eigenvalue weighted by atomic mass is 10.5. The van der Waals surface area contributed by atoms with Gasteiger partial charge in [0.1, 0.15) is 0 Å². The lowest BCUT2D eigenvalue weighted by molar-refractivity contribution is -0.102. The van der Waals surface area contributed by atoms with E-state index in [0.717, 1.165) is 0 Å². The van der Waals surface area contributed by atoms with Crippen LogP contribution in [0.5, 0.6) is 0 Å². The van der Waals surface area contributed by atoms with E-state index in [-0.39, 0.29) is 0 Å². The summed E-state index contributed by atoms with van der Waals surface area (Å²) in [4.78, 5) is 13.7. The second-order valence-corrected chi connectivity index (χ2v) is 1.49. The number of aliphatic imine (C=N–C) groups is 1. The van der Waals surface area contributed by atoms with Crippen LogP contribution < -0.4 is 5.32 Å². The Labute approximate surface area is 54.5 Å². The van der Waals surface area contributed by atoms with Crippen molar-refractivity contribution in [2.75, 3.05) is 7.05 Å². The number of rotatable bonds is 3. The van der Waals surface area contributed by atoms with Gasteiger partial charge in [0.2, 0.25) is 0 Å². The first-order chi connectivity index (χ1) is 4.31. The Morgan fingerprint density at radius 1 is 1.67 bits per heavy atom. The Morgan fingerprint density at radius 3 is 2.78 bits per heavy atom. The third-order valence-electron chi connectivity index (χ3n) is 0.690. The molecule has 0 aromatic carbocycles. The van der Waals surface area contributed by atoms with Gasteiger partial charge in [-0.1, -0.05) is 0 Å². The second-order valence-electron chi connectivity index (χ2n) is 1.49. The second kappa shape index (κ2) is 5.03. The van der Waals surface area contributed by atoms with Crippen molar-refractivity contribution in [3.63, 3.8) is 0 Å². The maximum Gasteiger partial charge on any atom is 0.163 e. The molecule has 9 heavy (non-hydrogen) atoms. The summed E-state index contributed by atoms with van der Waals surface area (Å²) in [5, 5.41) is 2.74. The average molecular weight is 126 g/mol. The smallest absolute Gasteiger partial charge is 0.163 e. The van der Waals surface area contributed by atoms with Gasteiger partial charge in [0.15, 0.2) is 6.29 Å². The summed E-state index contributed by atoms with van der Waals surface area (Å²) in [5.74, 6) is 0. The first-order valence-corrected chi connectivity index (χ1v) is 2.63. The Morgan fingerprint density at radius 2 is 2.33 bits per heavy atom. The highest BCUT2D eigenvalue weighted by Crippen LogP contribution is 1.73. The van der Waals surface area contributed by atoms with E-state index in [2.05, 4.69) is 10.3 Å². The van der Waals surface area contributed by atoms with Crippen molar-refractivity contribution in [3.8, 4) is 0 Å². The van der Waals surface area contributed by atoms with Crippen LogP contribution in [0, 0.1) is 0 Å². The molecule has 0 saturated heterocycles. The number of aldehydes is 1. The maximum absolute atomic E-state index is 9.91. The molecule has 0 amide bonds.